The minimum Gasteiger partial charge on any atom is -0.497 e. The predicted octanol–water partition coefficient (Wildman–Crippen LogP) is 5.21. The van der Waals surface area contributed by atoms with Crippen molar-refractivity contribution < 1.29 is 9.47 Å². The van der Waals surface area contributed by atoms with Crippen molar-refractivity contribution in [2.45, 2.75) is 9.71 Å². The fraction of sp³-hybridized carbons (Fsp3) is 0.250. The van der Waals surface area contributed by atoms with E-state index in [1.165, 1.54) is 0 Å². The van der Waals surface area contributed by atoms with Gasteiger partial charge in [0.15, 0.2) is 0 Å². The summed E-state index contributed by atoms with van der Waals surface area (Å²) in [6, 6.07) is 15.0. The topological polar surface area (TPSA) is 18.5 Å². The highest BCUT2D eigenvalue weighted by Crippen LogP contribution is 2.48. The first-order valence-electron chi connectivity index (χ1n) is 6.31. The highest BCUT2D eigenvalue weighted by atomic mass is 35.6. The van der Waals surface area contributed by atoms with Crippen LogP contribution >= 0.6 is 34.8 Å². The molecule has 0 bridgehead atoms. The molecule has 0 aliphatic rings. The van der Waals surface area contributed by atoms with E-state index in [9.17, 15) is 0 Å². The van der Waals surface area contributed by atoms with Crippen LogP contribution in [0.5, 0.6) is 11.5 Å². The highest BCUT2D eigenvalue weighted by Gasteiger charge is 2.36. The third-order valence-electron chi connectivity index (χ3n) is 3.23. The van der Waals surface area contributed by atoms with Crippen LogP contribution in [-0.2, 0) is 0 Å². The number of benzene rings is 2. The van der Waals surface area contributed by atoms with Gasteiger partial charge in [-0.3, -0.25) is 0 Å². The third kappa shape index (κ3) is 3.76. The molecule has 0 aliphatic heterocycles. The molecule has 0 saturated carbocycles. The number of alkyl halides is 3. The molecule has 21 heavy (non-hydrogen) atoms. The van der Waals surface area contributed by atoms with E-state index in [4.69, 9.17) is 44.3 Å². The Hall–Kier alpha value is -1.09. The number of hydrogen-bond acceptors (Lipinski definition) is 2. The Bertz CT molecular complexity index is 591. The molecule has 0 aromatic heterocycles. The van der Waals surface area contributed by atoms with Gasteiger partial charge in [-0.05, 0) is 23.8 Å². The number of rotatable bonds is 4. The summed E-state index contributed by atoms with van der Waals surface area (Å²) in [6.45, 7) is 0. The summed E-state index contributed by atoms with van der Waals surface area (Å²) in [4.78, 5) is 0. The van der Waals surface area contributed by atoms with Crippen LogP contribution in [0.1, 0.15) is 17.0 Å². The van der Waals surface area contributed by atoms with E-state index >= 15 is 0 Å². The number of ether oxygens (including phenoxy) is 2. The van der Waals surface area contributed by atoms with Crippen LogP contribution in [-0.4, -0.2) is 18.0 Å². The highest BCUT2D eigenvalue weighted by molar-refractivity contribution is 6.68. The predicted molar refractivity (Wildman–Crippen MR) is 88.1 cm³/mol. The van der Waals surface area contributed by atoms with E-state index < -0.39 is 9.71 Å². The molecule has 0 aliphatic carbocycles. The zero-order valence-corrected chi connectivity index (χ0v) is 13.9. The average molecular weight is 346 g/mol. The second kappa shape index (κ2) is 6.78. The van der Waals surface area contributed by atoms with Gasteiger partial charge in [0.2, 0.25) is 3.79 Å². The molecule has 1 atom stereocenters. The van der Waals surface area contributed by atoms with Crippen LogP contribution in [0, 0.1) is 0 Å². The minimum absolute atomic E-state index is 0.440. The number of hydrogen-bond donors (Lipinski definition) is 0. The lowest BCUT2D eigenvalue weighted by Gasteiger charge is -2.27. The van der Waals surface area contributed by atoms with E-state index in [0.29, 0.717) is 5.75 Å². The van der Waals surface area contributed by atoms with Crippen molar-refractivity contribution in [1.82, 2.24) is 0 Å². The van der Waals surface area contributed by atoms with Gasteiger partial charge < -0.3 is 9.47 Å². The fourth-order valence-corrected chi connectivity index (χ4v) is 2.98. The van der Waals surface area contributed by atoms with Crippen LogP contribution in [0.2, 0.25) is 0 Å². The average Bonchev–Trinajstić information content (AvgIpc) is 2.47. The van der Waals surface area contributed by atoms with Crippen molar-refractivity contribution in [3.63, 3.8) is 0 Å². The van der Waals surface area contributed by atoms with Crippen LogP contribution in [0.25, 0.3) is 0 Å². The molecule has 0 N–H and O–H groups in total. The summed E-state index contributed by atoms with van der Waals surface area (Å²) >= 11 is 18.6. The van der Waals surface area contributed by atoms with Crippen molar-refractivity contribution in [3.8, 4) is 11.5 Å². The lowest BCUT2D eigenvalue weighted by Crippen LogP contribution is -2.19. The molecule has 0 unspecified atom stereocenters. The van der Waals surface area contributed by atoms with E-state index in [2.05, 4.69) is 0 Å². The third-order valence-corrected chi connectivity index (χ3v) is 3.88. The van der Waals surface area contributed by atoms with E-state index in [-0.39, 0.29) is 0 Å². The quantitative estimate of drug-likeness (QED) is 0.709. The van der Waals surface area contributed by atoms with Crippen LogP contribution in [0.4, 0.5) is 0 Å². The second-order valence-electron chi connectivity index (χ2n) is 4.49. The summed E-state index contributed by atoms with van der Waals surface area (Å²) in [5.74, 6) is 0.996. The van der Waals surface area contributed by atoms with E-state index in [1.807, 2.05) is 48.5 Å². The van der Waals surface area contributed by atoms with Crippen molar-refractivity contribution in [3.05, 3.63) is 59.7 Å². The first kappa shape index (κ1) is 16.3. The molecule has 2 nitrogen and oxygen atoms in total. The van der Waals surface area contributed by atoms with E-state index in [1.54, 1.807) is 14.2 Å². The Morgan fingerprint density at radius 3 is 2.00 bits per heavy atom. The largest absolute Gasteiger partial charge is 0.497 e. The van der Waals surface area contributed by atoms with Crippen LogP contribution < -0.4 is 9.47 Å². The molecule has 0 spiro atoms. The van der Waals surface area contributed by atoms with Gasteiger partial charge in [0.1, 0.15) is 11.5 Å². The first-order chi connectivity index (χ1) is 9.97. The number of halogens is 3. The Labute approximate surface area is 139 Å². The smallest absolute Gasteiger partial charge is 0.201 e. The maximum Gasteiger partial charge on any atom is 0.201 e. The van der Waals surface area contributed by atoms with Gasteiger partial charge in [-0.15, -0.1) is 0 Å². The van der Waals surface area contributed by atoms with Crippen molar-refractivity contribution >= 4 is 34.8 Å². The van der Waals surface area contributed by atoms with Gasteiger partial charge >= 0.3 is 0 Å². The lowest BCUT2D eigenvalue weighted by molar-refractivity contribution is 0.407. The maximum absolute atomic E-state index is 6.21. The number of methoxy groups -OCH3 is 2. The first-order valence-corrected chi connectivity index (χ1v) is 7.44. The molecule has 2 aromatic rings. The molecule has 112 valence electrons. The van der Waals surface area contributed by atoms with Gasteiger partial charge in [-0.25, -0.2) is 0 Å². The Kier molecular flexibility index (Phi) is 5.26. The molecule has 5 heteroatoms. The zero-order valence-electron chi connectivity index (χ0n) is 11.6. The molecular weight excluding hydrogens is 331 g/mol. The van der Waals surface area contributed by atoms with Gasteiger partial charge in [-0.1, -0.05) is 65.1 Å². The molecule has 2 aromatic carbocycles. The van der Waals surface area contributed by atoms with Crippen LogP contribution in [0.15, 0.2) is 48.5 Å². The maximum atomic E-state index is 6.21. The van der Waals surface area contributed by atoms with Gasteiger partial charge in [0.25, 0.3) is 0 Å². The van der Waals surface area contributed by atoms with Crippen molar-refractivity contribution in [2.75, 3.05) is 14.2 Å². The van der Waals surface area contributed by atoms with Crippen molar-refractivity contribution in [1.29, 1.82) is 0 Å². The fourth-order valence-electron chi connectivity index (χ4n) is 2.25. The van der Waals surface area contributed by atoms with Gasteiger partial charge in [-0.2, -0.15) is 0 Å². The summed E-state index contributed by atoms with van der Waals surface area (Å²) in [5, 5.41) is 0. The van der Waals surface area contributed by atoms with Gasteiger partial charge in [0, 0.05) is 5.56 Å². The summed E-state index contributed by atoms with van der Waals surface area (Å²) in [5.41, 5.74) is 1.70. The van der Waals surface area contributed by atoms with Crippen LogP contribution in [0.3, 0.4) is 0 Å². The van der Waals surface area contributed by atoms with Crippen molar-refractivity contribution in [2.24, 2.45) is 0 Å². The normalized spacial score (nSPS) is 12.8. The Morgan fingerprint density at radius 1 is 0.857 bits per heavy atom. The Morgan fingerprint density at radius 2 is 1.48 bits per heavy atom. The summed E-state index contributed by atoms with van der Waals surface area (Å²) in [6.07, 6.45) is 0. The molecule has 0 heterocycles. The molecule has 0 amide bonds. The molecule has 0 radical (unpaired) electrons. The molecular formula is C16H15Cl3O2. The van der Waals surface area contributed by atoms with E-state index in [0.717, 1.165) is 16.9 Å². The van der Waals surface area contributed by atoms with Gasteiger partial charge in [0.05, 0.1) is 20.1 Å². The Balaban J connectivity index is 2.53. The minimum atomic E-state index is -1.50. The SMILES string of the molecule is COc1ccc([C@@H](c2ccccc2OC)C(Cl)(Cl)Cl)cc1. The monoisotopic (exact) mass is 344 g/mol. The molecule has 0 saturated heterocycles. The second-order valence-corrected chi connectivity index (χ2v) is 6.86. The number of para-hydroxylation sites is 1. The molecule has 0 fully saturated rings. The standard InChI is InChI=1S/C16H15Cl3O2/c1-20-12-9-7-11(8-10-12)15(16(17,18)19)13-5-3-4-6-14(13)21-2/h3-10,15H,1-2H3/t15-/m0/s1. The molecule has 2 rings (SSSR count). The zero-order chi connectivity index (χ0) is 15.5. The summed E-state index contributed by atoms with van der Waals surface area (Å²) < 4.78 is 9.05. The lowest BCUT2D eigenvalue weighted by atomic mass is 9.91. The summed E-state index contributed by atoms with van der Waals surface area (Å²) in [7, 11) is 3.21.